The van der Waals surface area contributed by atoms with Crippen LogP contribution < -0.4 is 19.5 Å². The van der Waals surface area contributed by atoms with Crippen molar-refractivity contribution in [3.05, 3.63) is 84.3 Å². The molecular formula is C22H18N4O5S. The number of nitrogens with zero attached hydrogens (tertiary/aromatic N) is 2. The fourth-order valence-electron chi connectivity index (χ4n) is 3.32. The number of hydrogen-bond acceptors (Lipinski definition) is 6. The van der Waals surface area contributed by atoms with Crippen molar-refractivity contribution in [2.24, 2.45) is 0 Å². The summed E-state index contributed by atoms with van der Waals surface area (Å²) in [5.74, 6) is 0.615. The van der Waals surface area contributed by atoms with Gasteiger partial charge in [-0.2, -0.15) is 0 Å². The molecule has 32 heavy (non-hydrogen) atoms. The summed E-state index contributed by atoms with van der Waals surface area (Å²) in [5, 5.41) is 2.77. The Balaban J connectivity index is 1.30. The van der Waals surface area contributed by atoms with Crippen LogP contribution in [0.2, 0.25) is 0 Å². The largest absolute Gasteiger partial charge is 0.454 e. The van der Waals surface area contributed by atoms with E-state index in [0.717, 1.165) is 5.65 Å². The maximum Gasteiger partial charge on any atom is 0.261 e. The summed E-state index contributed by atoms with van der Waals surface area (Å²) in [6.07, 6.45) is 3.70. The van der Waals surface area contributed by atoms with Crippen molar-refractivity contribution in [3.8, 4) is 11.5 Å². The van der Waals surface area contributed by atoms with Gasteiger partial charge in [0.25, 0.3) is 15.9 Å². The van der Waals surface area contributed by atoms with Gasteiger partial charge in [-0.15, -0.1) is 0 Å². The molecule has 2 N–H and O–H groups in total. The average molecular weight is 450 g/mol. The number of aromatic nitrogens is 2. The molecular weight excluding hydrogens is 432 g/mol. The van der Waals surface area contributed by atoms with Crippen molar-refractivity contribution in [2.45, 2.75) is 11.4 Å². The first-order valence-electron chi connectivity index (χ1n) is 9.71. The summed E-state index contributed by atoms with van der Waals surface area (Å²) in [6, 6.07) is 16.2. The van der Waals surface area contributed by atoms with Crippen molar-refractivity contribution in [1.29, 1.82) is 0 Å². The lowest BCUT2D eigenvalue weighted by Gasteiger charge is -2.10. The number of ether oxygens (including phenoxy) is 2. The third kappa shape index (κ3) is 3.95. The highest BCUT2D eigenvalue weighted by atomic mass is 32.2. The maximum atomic E-state index is 12.8. The molecule has 0 fully saturated rings. The zero-order chi connectivity index (χ0) is 22.1. The zero-order valence-electron chi connectivity index (χ0n) is 16.7. The predicted molar refractivity (Wildman–Crippen MR) is 116 cm³/mol. The van der Waals surface area contributed by atoms with E-state index in [-0.39, 0.29) is 23.8 Å². The van der Waals surface area contributed by atoms with Gasteiger partial charge in [0, 0.05) is 24.0 Å². The monoisotopic (exact) mass is 450 g/mol. The minimum atomic E-state index is -3.91. The second-order valence-electron chi connectivity index (χ2n) is 7.08. The zero-order valence-corrected chi connectivity index (χ0v) is 17.5. The number of fused-ring (bicyclic) bond motifs is 2. The van der Waals surface area contributed by atoms with Crippen LogP contribution >= 0.6 is 0 Å². The quantitative estimate of drug-likeness (QED) is 0.467. The van der Waals surface area contributed by atoms with Crippen LogP contribution in [0.15, 0.2) is 78.0 Å². The molecule has 162 valence electrons. The Morgan fingerprint density at radius 2 is 1.91 bits per heavy atom. The molecule has 1 aliphatic heterocycles. The van der Waals surface area contributed by atoms with Crippen molar-refractivity contribution < 1.29 is 22.7 Å². The molecule has 0 aliphatic carbocycles. The Labute approximate surface area is 183 Å². The average Bonchev–Trinajstić information content (AvgIpc) is 3.43. The summed E-state index contributed by atoms with van der Waals surface area (Å²) in [7, 11) is -3.91. The lowest BCUT2D eigenvalue weighted by Crippen LogP contribution is -2.23. The molecule has 4 aromatic rings. The molecule has 3 heterocycles. The first-order valence-corrected chi connectivity index (χ1v) is 11.2. The number of rotatable bonds is 6. The van der Waals surface area contributed by atoms with E-state index in [0.29, 0.717) is 22.9 Å². The third-order valence-corrected chi connectivity index (χ3v) is 6.25. The van der Waals surface area contributed by atoms with Gasteiger partial charge < -0.3 is 19.2 Å². The van der Waals surface area contributed by atoms with E-state index < -0.39 is 15.9 Å². The number of benzene rings is 2. The fraction of sp³-hybridized carbons (Fsp3) is 0.0909. The Bertz CT molecular complexity index is 1400. The molecule has 10 heteroatoms. The minimum Gasteiger partial charge on any atom is -0.454 e. The van der Waals surface area contributed by atoms with Gasteiger partial charge in [0.1, 0.15) is 5.65 Å². The van der Waals surface area contributed by atoms with Gasteiger partial charge in [0.2, 0.25) is 6.79 Å². The Hall–Kier alpha value is -4.05. The summed E-state index contributed by atoms with van der Waals surface area (Å²) in [6.45, 7) is 0.310. The number of imidazole rings is 1. The second-order valence-corrected chi connectivity index (χ2v) is 8.76. The number of amides is 1. The van der Waals surface area contributed by atoms with Crippen LogP contribution in [0.25, 0.3) is 5.65 Å². The van der Waals surface area contributed by atoms with Crippen LogP contribution in [-0.2, 0) is 16.6 Å². The van der Waals surface area contributed by atoms with Gasteiger partial charge in [0.05, 0.1) is 22.8 Å². The molecule has 9 nitrogen and oxygen atoms in total. The fourth-order valence-corrected chi connectivity index (χ4v) is 4.42. The molecule has 5 rings (SSSR count). The highest BCUT2D eigenvalue weighted by molar-refractivity contribution is 7.92. The SMILES string of the molecule is O=C(NCc1cn2ccccc2n1)c1cccc(S(=O)(=O)Nc2ccc3c(c2)OCO3)c1. The van der Waals surface area contributed by atoms with E-state index in [4.69, 9.17) is 9.47 Å². The Morgan fingerprint density at radius 3 is 2.78 bits per heavy atom. The van der Waals surface area contributed by atoms with Gasteiger partial charge in [0.15, 0.2) is 11.5 Å². The highest BCUT2D eigenvalue weighted by Crippen LogP contribution is 2.34. The molecule has 0 unspecified atom stereocenters. The number of sulfonamides is 1. The van der Waals surface area contributed by atoms with Gasteiger partial charge >= 0.3 is 0 Å². The number of pyridine rings is 1. The van der Waals surface area contributed by atoms with Gasteiger partial charge in [-0.3, -0.25) is 9.52 Å². The third-order valence-electron chi connectivity index (χ3n) is 4.88. The van der Waals surface area contributed by atoms with Crippen molar-refractivity contribution in [1.82, 2.24) is 14.7 Å². The summed E-state index contributed by atoms with van der Waals surface area (Å²) < 4.78 is 40.5. The van der Waals surface area contributed by atoms with Crippen molar-refractivity contribution in [2.75, 3.05) is 11.5 Å². The molecule has 0 spiro atoms. The molecule has 1 amide bonds. The first kappa shape index (κ1) is 19.9. The van der Waals surface area contributed by atoms with Crippen LogP contribution in [0.1, 0.15) is 16.1 Å². The molecule has 0 bridgehead atoms. The Morgan fingerprint density at radius 1 is 1.03 bits per heavy atom. The number of nitrogens with one attached hydrogen (secondary N) is 2. The normalized spacial score (nSPS) is 12.6. The van der Waals surface area contributed by atoms with Crippen LogP contribution in [0, 0.1) is 0 Å². The molecule has 0 radical (unpaired) electrons. The molecule has 1 aliphatic rings. The van der Waals surface area contributed by atoms with E-state index in [1.807, 2.05) is 35.0 Å². The number of hydrogen-bond donors (Lipinski definition) is 2. The van der Waals surface area contributed by atoms with Crippen LogP contribution in [0.3, 0.4) is 0 Å². The molecule has 0 saturated carbocycles. The number of carbonyl (C=O) groups is 1. The van der Waals surface area contributed by atoms with E-state index in [9.17, 15) is 13.2 Å². The van der Waals surface area contributed by atoms with Crippen molar-refractivity contribution >= 4 is 27.3 Å². The van der Waals surface area contributed by atoms with E-state index in [2.05, 4.69) is 15.0 Å². The molecule has 2 aromatic carbocycles. The minimum absolute atomic E-state index is 0.0319. The summed E-state index contributed by atoms with van der Waals surface area (Å²) in [5.41, 5.74) is 2.02. The maximum absolute atomic E-state index is 12.8. The van der Waals surface area contributed by atoms with E-state index in [1.54, 1.807) is 24.3 Å². The highest BCUT2D eigenvalue weighted by Gasteiger charge is 2.19. The molecule has 0 saturated heterocycles. The first-order chi connectivity index (χ1) is 15.5. The summed E-state index contributed by atoms with van der Waals surface area (Å²) >= 11 is 0. The molecule has 0 atom stereocenters. The second kappa shape index (κ2) is 7.89. The standard InChI is InChI=1S/C22H18N4O5S/c27-22(23-12-17-13-26-9-2-1-6-21(26)24-17)15-4-3-5-18(10-15)32(28,29)25-16-7-8-19-20(11-16)31-14-30-19/h1-11,13,25H,12,14H2,(H,23,27). The van der Waals surface area contributed by atoms with E-state index >= 15 is 0 Å². The lowest BCUT2D eigenvalue weighted by atomic mass is 10.2. The van der Waals surface area contributed by atoms with Crippen molar-refractivity contribution in [3.63, 3.8) is 0 Å². The van der Waals surface area contributed by atoms with Gasteiger partial charge in [-0.25, -0.2) is 13.4 Å². The molecule has 2 aromatic heterocycles. The predicted octanol–water partition coefficient (Wildman–Crippen LogP) is 2.79. The smallest absolute Gasteiger partial charge is 0.261 e. The van der Waals surface area contributed by atoms with E-state index in [1.165, 1.54) is 18.2 Å². The van der Waals surface area contributed by atoms with Crippen LogP contribution in [0.5, 0.6) is 11.5 Å². The summed E-state index contributed by atoms with van der Waals surface area (Å²) in [4.78, 5) is 17.0. The Kier molecular flexibility index (Phi) is 4.91. The van der Waals surface area contributed by atoms with Crippen LogP contribution in [-0.4, -0.2) is 30.5 Å². The number of carbonyl (C=O) groups excluding carboxylic acids is 1. The lowest BCUT2D eigenvalue weighted by molar-refractivity contribution is 0.0950. The number of anilines is 1. The van der Waals surface area contributed by atoms with Gasteiger partial charge in [-0.1, -0.05) is 12.1 Å². The van der Waals surface area contributed by atoms with Crippen LogP contribution in [0.4, 0.5) is 5.69 Å². The van der Waals surface area contributed by atoms with Gasteiger partial charge in [-0.05, 0) is 42.5 Å². The topological polar surface area (TPSA) is 111 Å².